The van der Waals surface area contributed by atoms with E-state index in [0.717, 1.165) is 16.9 Å². The molecule has 2 aromatic carbocycles. The first-order valence-corrected chi connectivity index (χ1v) is 11.3. The molecule has 178 valence electrons. The van der Waals surface area contributed by atoms with Gasteiger partial charge in [-0.1, -0.05) is 53.7 Å². The van der Waals surface area contributed by atoms with Crippen LogP contribution in [0.3, 0.4) is 0 Å². The minimum atomic E-state index is -0.306. The van der Waals surface area contributed by atoms with Crippen LogP contribution in [0.25, 0.3) is 6.08 Å². The lowest BCUT2D eigenvalue weighted by Gasteiger charge is -2.17. The van der Waals surface area contributed by atoms with Gasteiger partial charge in [-0.15, -0.1) is 0 Å². The number of nitrogens with one attached hydrogen (secondary N) is 1. The van der Waals surface area contributed by atoms with Gasteiger partial charge >= 0.3 is 0 Å². The minimum Gasteiger partial charge on any atom is -0.468 e. The maximum absolute atomic E-state index is 12.6. The number of hydrogen-bond donors (Lipinski definition) is 1. The Kier molecular flexibility index (Phi) is 6.91. The highest BCUT2D eigenvalue weighted by Gasteiger charge is 2.17. The van der Waals surface area contributed by atoms with Crippen LogP contribution in [0.5, 0.6) is 11.5 Å². The molecule has 35 heavy (non-hydrogen) atoms. The Hall–Kier alpha value is -4.30. The van der Waals surface area contributed by atoms with Crippen molar-refractivity contribution in [2.45, 2.75) is 19.6 Å². The summed E-state index contributed by atoms with van der Waals surface area (Å²) in [7, 11) is 0. The molecule has 0 saturated carbocycles. The molecular formula is C27H25N3O5. The second-order valence-corrected chi connectivity index (χ2v) is 8.11. The van der Waals surface area contributed by atoms with Crippen molar-refractivity contribution in [2.75, 3.05) is 13.3 Å². The predicted molar refractivity (Wildman–Crippen MR) is 129 cm³/mol. The van der Waals surface area contributed by atoms with E-state index >= 15 is 0 Å². The molecule has 1 N–H and O–H groups in total. The molecule has 3 heterocycles. The Morgan fingerprint density at radius 2 is 1.83 bits per heavy atom. The number of aromatic nitrogens is 1. The third kappa shape index (κ3) is 5.99. The summed E-state index contributed by atoms with van der Waals surface area (Å²) in [5.74, 6) is 2.52. The van der Waals surface area contributed by atoms with E-state index in [9.17, 15) is 4.79 Å². The average Bonchev–Trinajstić information content (AvgIpc) is 3.65. The van der Waals surface area contributed by atoms with Crippen LogP contribution in [0.2, 0.25) is 0 Å². The molecule has 1 amide bonds. The smallest absolute Gasteiger partial charge is 0.273 e. The topological polar surface area (TPSA) is 90.0 Å². The van der Waals surface area contributed by atoms with Crippen LogP contribution in [0, 0.1) is 0 Å². The van der Waals surface area contributed by atoms with Crippen molar-refractivity contribution in [2.24, 2.45) is 0 Å². The summed E-state index contributed by atoms with van der Waals surface area (Å²) in [5, 5.41) is 6.83. The fourth-order valence-corrected chi connectivity index (χ4v) is 3.75. The number of ether oxygens (including phenoxy) is 2. The number of fused-ring (bicyclic) bond motifs is 1. The predicted octanol–water partition coefficient (Wildman–Crippen LogP) is 4.64. The standard InChI is InChI=1S/C27H25N3O5/c31-27(28-16-21-10-11-25-26(14-21)34-19-33-25)24-15-23(35-29-24)18-30(17-22-9-5-13-32-22)12-4-8-20-6-2-1-3-7-20/h1-11,13-15H,12,16-19H2,(H,28,31)/b8-4+. The van der Waals surface area contributed by atoms with Gasteiger partial charge in [-0.05, 0) is 35.4 Å². The third-order valence-corrected chi connectivity index (χ3v) is 5.49. The van der Waals surface area contributed by atoms with Crippen LogP contribution in [0.1, 0.15) is 33.1 Å². The normalized spacial score (nSPS) is 12.5. The Labute approximate surface area is 202 Å². The van der Waals surface area contributed by atoms with E-state index in [1.54, 1.807) is 12.3 Å². The fraction of sp³-hybridized carbons (Fsp3) is 0.185. The molecule has 0 fully saturated rings. The van der Waals surface area contributed by atoms with Gasteiger partial charge in [-0.2, -0.15) is 0 Å². The van der Waals surface area contributed by atoms with Gasteiger partial charge in [0.15, 0.2) is 23.0 Å². The zero-order valence-electron chi connectivity index (χ0n) is 19.1. The first kappa shape index (κ1) is 22.5. The van der Waals surface area contributed by atoms with E-state index < -0.39 is 0 Å². The molecule has 0 spiro atoms. The van der Waals surface area contributed by atoms with Crippen molar-refractivity contribution in [3.8, 4) is 11.5 Å². The van der Waals surface area contributed by atoms with E-state index in [0.29, 0.717) is 43.4 Å². The van der Waals surface area contributed by atoms with Crippen LogP contribution < -0.4 is 14.8 Å². The van der Waals surface area contributed by atoms with Gasteiger partial charge in [0.1, 0.15) is 5.76 Å². The highest BCUT2D eigenvalue weighted by Crippen LogP contribution is 2.32. The lowest BCUT2D eigenvalue weighted by molar-refractivity contribution is 0.0941. The van der Waals surface area contributed by atoms with Gasteiger partial charge in [0, 0.05) is 19.2 Å². The molecule has 2 aromatic heterocycles. The summed E-state index contributed by atoms with van der Waals surface area (Å²) in [6, 6.07) is 21.2. The van der Waals surface area contributed by atoms with E-state index in [1.165, 1.54) is 0 Å². The summed E-state index contributed by atoms with van der Waals surface area (Å²) in [5.41, 5.74) is 2.27. The molecule has 5 rings (SSSR count). The maximum atomic E-state index is 12.6. The zero-order chi connectivity index (χ0) is 23.9. The number of furan rings is 1. The average molecular weight is 472 g/mol. The fourth-order valence-electron chi connectivity index (χ4n) is 3.75. The second kappa shape index (κ2) is 10.8. The molecule has 0 radical (unpaired) electrons. The number of amides is 1. The van der Waals surface area contributed by atoms with Crippen molar-refractivity contribution in [1.82, 2.24) is 15.4 Å². The zero-order valence-corrected chi connectivity index (χ0v) is 19.1. The van der Waals surface area contributed by atoms with Crippen LogP contribution in [-0.4, -0.2) is 29.3 Å². The summed E-state index contributed by atoms with van der Waals surface area (Å²) in [4.78, 5) is 14.8. The van der Waals surface area contributed by atoms with Crippen LogP contribution in [0.15, 0.2) is 88.0 Å². The van der Waals surface area contributed by atoms with E-state index in [-0.39, 0.29) is 18.4 Å². The van der Waals surface area contributed by atoms with Crippen LogP contribution in [0.4, 0.5) is 0 Å². The van der Waals surface area contributed by atoms with E-state index in [4.69, 9.17) is 18.4 Å². The Balaban J connectivity index is 1.19. The van der Waals surface area contributed by atoms with Crippen molar-refractivity contribution in [3.63, 3.8) is 0 Å². The van der Waals surface area contributed by atoms with E-state index in [2.05, 4.69) is 39.7 Å². The molecule has 8 nitrogen and oxygen atoms in total. The van der Waals surface area contributed by atoms with Gasteiger partial charge in [0.2, 0.25) is 6.79 Å². The highest BCUT2D eigenvalue weighted by molar-refractivity contribution is 5.92. The van der Waals surface area contributed by atoms with Gasteiger partial charge in [0.05, 0.1) is 19.4 Å². The number of hydrogen-bond acceptors (Lipinski definition) is 7. The summed E-state index contributed by atoms with van der Waals surface area (Å²) < 4.78 is 21.7. The SMILES string of the molecule is O=C(NCc1ccc2c(c1)OCO2)c1cc(CN(C/C=C/c2ccccc2)Cc2ccco2)on1. The van der Waals surface area contributed by atoms with Crippen LogP contribution in [-0.2, 0) is 19.6 Å². The summed E-state index contributed by atoms with van der Waals surface area (Å²) in [6.45, 7) is 2.29. The number of carbonyl (C=O) groups excluding carboxylic acids is 1. The monoisotopic (exact) mass is 471 g/mol. The first-order valence-electron chi connectivity index (χ1n) is 11.3. The molecule has 0 saturated heterocycles. The van der Waals surface area contributed by atoms with Gasteiger partial charge < -0.3 is 23.7 Å². The minimum absolute atomic E-state index is 0.214. The lowest BCUT2D eigenvalue weighted by Crippen LogP contribution is -2.23. The number of carbonyl (C=O) groups is 1. The van der Waals surface area contributed by atoms with Crippen molar-refractivity contribution >= 4 is 12.0 Å². The van der Waals surface area contributed by atoms with Gasteiger partial charge in [-0.3, -0.25) is 9.69 Å². The molecular weight excluding hydrogens is 446 g/mol. The van der Waals surface area contributed by atoms with E-state index in [1.807, 2.05) is 48.5 Å². The summed E-state index contributed by atoms with van der Waals surface area (Å²) >= 11 is 0. The summed E-state index contributed by atoms with van der Waals surface area (Å²) in [6.07, 6.45) is 5.82. The number of rotatable bonds is 10. The maximum Gasteiger partial charge on any atom is 0.273 e. The molecule has 4 aromatic rings. The number of nitrogens with zero attached hydrogens (tertiary/aromatic N) is 2. The Morgan fingerprint density at radius 3 is 2.69 bits per heavy atom. The molecule has 0 atom stereocenters. The molecule has 1 aliphatic rings. The largest absolute Gasteiger partial charge is 0.468 e. The second-order valence-electron chi connectivity index (χ2n) is 8.11. The lowest BCUT2D eigenvalue weighted by atomic mass is 10.2. The quantitative estimate of drug-likeness (QED) is 0.360. The molecule has 0 aliphatic carbocycles. The van der Waals surface area contributed by atoms with Crippen molar-refractivity contribution < 1.29 is 23.2 Å². The van der Waals surface area contributed by atoms with Gasteiger partial charge in [0.25, 0.3) is 5.91 Å². The van der Waals surface area contributed by atoms with Crippen molar-refractivity contribution in [1.29, 1.82) is 0 Å². The highest BCUT2D eigenvalue weighted by atomic mass is 16.7. The Morgan fingerprint density at radius 1 is 0.971 bits per heavy atom. The molecule has 1 aliphatic heterocycles. The first-order chi connectivity index (χ1) is 17.2. The Bertz CT molecular complexity index is 1280. The number of benzene rings is 2. The molecule has 0 unspecified atom stereocenters. The third-order valence-electron chi connectivity index (χ3n) is 5.49. The van der Waals surface area contributed by atoms with Gasteiger partial charge in [-0.25, -0.2) is 0 Å². The molecule has 0 bridgehead atoms. The van der Waals surface area contributed by atoms with Crippen LogP contribution >= 0.6 is 0 Å². The van der Waals surface area contributed by atoms with Crippen molar-refractivity contribution in [3.05, 3.63) is 107 Å². The molecule has 8 heteroatoms.